The van der Waals surface area contributed by atoms with Crippen LogP contribution < -0.4 is 0 Å². The third kappa shape index (κ3) is 4.86. The number of amides is 2. The Morgan fingerprint density at radius 2 is 2.04 bits per heavy atom. The second-order valence-corrected chi connectivity index (χ2v) is 8.12. The van der Waals surface area contributed by atoms with Crippen molar-refractivity contribution in [2.24, 2.45) is 5.41 Å². The fraction of sp³-hybridized carbons (Fsp3) is 0.667. The molecule has 27 heavy (non-hydrogen) atoms. The zero-order valence-corrected chi connectivity index (χ0v) is 16.3. The summed E-state index contributed by atoms with van der Waals surface area (Å²) >= 11 is 0. The van der Waals surface area contributed by atoms with Crippen molar-refractivity contribution in [2.45, 2.75) is 58.0 Å². The molecule has 0 radical (unpaired) electrons. The number of aliphatic hydroxyl groups is 1. The highest BCUT2D eigenvalue weighted by Crippen LogP contribution is 2.40. The van der Waals surface area contributed by atoms with Crippen LogP contribution in [0.4, 0.5) is 0 Å². The van der Waals surface area contributed by atoms with Crippen LogP contribution in [0.1, 0.15) is 62.2 Å². The number of rotatable bonds is 5. The third-order valence-electron chi connectivity index (χ3n) is 5.99. The van der Waals surface area contributed by atoms with E-state index in [2.05, 4.69) is 11.9 Å². The molecule has 1 atom stereocenters. The van der Waals surface area contributed by atoms with E-state index in [1.165, 1.54) is 0 Å². The lowest BCUT2D eigenvalue weighted by atomic mass is 9.71. The molecule has 1 aromatic heterocycles. The van der Waals surface area contributed by atoms with Crippen LogP contribution in [0, 0.1) is 5.41 Å². The van der Waals surface area contributed by atoms with Gasteiger partial charge in [0.2, 0.25) is 5.91 Å². The van der Waals surface area contributed by atoms with Crippen molar-refractivity contribution in [1.82, 2.24) is 14.8 Å². The summed E-state index contributed by atoms with van der Waals surface area (Å²) in [6.45, 7) is 4.62. The van der Waals surface area contributed by atoms with Gasteiger partial charge in [0.1, 0.15) is 0 Å². The van der Waals surface area contributed by atoms with Crippen LogP contribution in [-0.2, 0) is 4.79 Å². The zero-order chi connectivity index (χ0) is 19.3. The molecule has 0 saturated carbocycles. The first-order valence-corrected chi connectivity index (χ1v) is 10.2. The number of unbranched alkanes of at least 4 members (excludes halogenated alkanes) is 2. The fourth-order valence-electron chi connectivity index (χ4n) is 4.46. The first-order valence-electron chi connectivity index (χ1n) is 10.2. The number of carbonyl (C=O) groups is 2. The van der Waals surface area contributed by atoms with Crippen molar-refractivity contribution in [1.29, 1.82) is 0 Å². The summed E-state index contributed by atoms with van der Waals surface area (Å²) in [6.07, 6.45) is 8.94. The molecule has 1 N–H and O–H groups in total. The van der Waals surface area contributed by atoms with Crippen LogP contribution >= 0.6 is 0 Å². The summed E-state index contributed by atoms with van der Waals surface area (Å²) in [7, 11) is 0. The normalized spacial score (nSPS) is 22.1. The molecule has 1 unspecified atom stereocenters. The lowest BCUT2D eigenvalue weighted by molar-refractivity contribution is -0.134. The van der Waals surface area contributed by atoms with Gasteiger partial charge in [-0.2, -0.15) is 0 Å². The van der Waals surface area contributed by atoms with Crippen molar-refractivity contribution in [3.05, 3.63) is 30.1 Å². The predicted octanol–water partition coefficient (Wildman–Crippen LogP) is 2.48. The minimum atomic E-state index is -0.508. The van der Waals surface area contributed by atoms with Crippen molar-refractivity contribution < 1.29 is 14.7 Å². The van der Waals surface area contributed by atoms with Gasteiger partial charge in [0.05, 0.1) is 11.7 Å². The lowest BCUT2D eigenvalue weighted by Gasteiger charge is -2.49. The molecule has 0 aromatic carbocycles. The minimum Gasteiger partial charge on any atom is -0.391 e. The molecule has 6 heteroatoms. The Morgan fingerprint density at radius 1 is 1.26 bits per heavy atom. The van der Waals surface area contributed by atoms with Crippen LogP contribution in [-0.4, -0.2) is 64.0 Å². The molecule has 1 aromatic rings. The number of pyridine rings is 1. The van der Waals surface area contributed by atoms with E-state index in [-0.39, 0.29) is 17.2 Å². The third-order valence-corrected chi connectivity index (χ3v) is 5.99. The first-order chi connectivity index (χ1) is 13.0. The zero-order valence-electron chi connectivity index (χ0n) is 16.3. The van der Waals surface area contributed by atoms with E-state index in [1.807, 2.05) is 4.90 Å². The van der Waals surface area contributed by atoms with E-state index in [1.54, 1.807) is 29.4 Å². The number of piperidine rings is 2. The fourth-order valence-corrected chi connectivity index (χ4v) is 4.46. The molecule has 148 valence electrons. The summed E-state index contributed by atoms with van der Waals surface area (Å²) in [4.78, 5) is 32.9. The second kappa shape index (κ2) is 8.83. The number of β-amino-alcohol motifs (C(OH)–C–C–N with tert-alkyl or cyclic N) is 1. The number of carbonyl (C=O) groups excluding carboxylic acids is 2. The maximum absolute atomic E-state index is 12.8. The molecular formula is C21H31N3O3. The van der Waals surface area contributed by atoms with Crippen LogP contribution in [0.15, 0.2) is 24.5 Å². The standard InChI is InChI=1S/C21H31N3O3/c1-2-3-4-7-19(26)23-11-8-21(9-12-23)13-18(25)15-24(16-21)20(27)17-6-5-10-22-14-17/h5-6,10,14,18,25H,2-4,7-9,11-13,15-16H2,1H3. The van der Waals surface area contributed by atoms with Gasteiger partial charge in [-0.15, -0.1) is 0 Å². The average molecular weight is 373 g/mol. The molecule has 6 nitrogen and oxygen atoms in total. The van der Waals surface area contributed by atoms with Crippen LogP contribution in [0.5, 0.6) is 0 Å². The van der Waals surface area contributed by atoms with Gasteiger partial charge in [0, 0.05) is 45.0 Å². The average Bonchev–Trinajstić information content (AvgIpc) is 2.68. The Morgan fingerprint density at radius 3 is 2.70 bits per heavy atom. The smallest absolute Gasteiger partial charge is 0.255 e. The number of aliphatic hydroxyl groups excluding tert-OH is 1. The van der Waals surface area contributed by atoms with E-state index < -0.39 is 6.10 Å². The summed E-state index contributed by atoms with van der Waals surface area (Å²) in [5.41, 5.74) is 0.473. The summed E-state index contributed by atoms with van der Waals surface area (Å²) in [5.74, 6) is 0.178. The van der Waals surface area contributed by atoms with Gasteiger partial charge in [-0.05, 0) is 43.2 Å². The summed E-state index contributed by atoms with van der Waals surface area (Å²) in [6, 6.07) is 3.52. The summed E-state index contributed by atoms with van der Waals surface area (Å²) in [5, 5.41) is 10.4. The molecule has 3 heterocycles. The molecule has 2 aliphatic rings. The number of aromatic nitrogens is 1. The van der Waals surface area contributed by atoms with E-state index in [4.69, 9.17) is 0 Å². The van der Waals surface area contributed by atoms with Gasteiger partial charge in [0.15, 0.2) is 0 Å². The number of nitrogens with zero attached hydrogens (tertiary/aromatic N) is 3. The van der Waals surface area contributed by atoms with Gasteiger partial charge in [0.25, 0.3) is 5.91 Å². The molecule has 2 saturated heterocycles. The largest absolute Gasteiger partial charge is 0.391 e. The maximum atomic E-state index is 12.8. The van der Waals surface area contributed by atoms with Gasteiger partial charge in [-0.25, -0.2) is 0 Å². The second-order valence-electron chi connectivity index (χ2n) is 8.12. The lowest BCUT2D eigenvalue weighted by Crippen LogP contribution is -2.55. The Kier molecular flexibility index (Phi) is 6.47. The van der Waals surface area contributed by atoms with Crippen molar-refractivity contribution in [3.63, 3.8) is 0 Å². The van der Waals surface area contributed by atoms with E-state index in [0.29, 0.717) is 31.5 Å². The van der Waals surface area contributed by atoms with Gasteiger partial charge in [-0.3, -0.25) is 14.6 Å². The Bertz CT molecular complexity index is 641. The van der Waals surface area contributed by atoms with E-state index in [9.17, 15) is 14.7 Å². The Balaban J connectivity index is 1.60. The number of hydrogen-bond donors (Lipinski definition) is 1. The molecule has 2 fully saturated rings. The quantitative estimate of drug-likeness (QED) is 0.805. The van der Waals surface area contributed by atoms with Gasteiger partial charge in [-0.1, -0.05) is 19.8 Å². The monoisotopic (exact) mass is 373 g/mol. The van der Waals surface area contributed by atoms with Gasteiger partial charge < -0.3 is 14.9 Å². The van der Waals surface area contributed by atoms with Crippen LogP contribution in [0.2, 0.25) is 0 Å². The molecule has 0 bridgehead atoms. The molecule has 3 rings (SSSR count). The topological polar surface area (TPSA) is 73.7 Å². The highest BCUT2D eigenvalue weighted by atomic mass is 16.3. The Hall–Kier alpha value is -1.95. The molecule has 2 aliphatic heterocycles. The summed E-state index contributed by atoms with van der Waals surface area (Å²) < 4.78 is 0. The highest BCUT2D eigenvalue weighted by Gasteiger charge is 2.43. The van der Waals surface area contributed by atoms with Crippen LogP contribution in [0.25, 0.3) is 0 Å². The maximum Gasteiger partial charge on any atom is 0.255 e. The van der Waals surface area contributed by atoms with Crippen molar-refractivity contribution in [2.75, 3.05) is 26.2 Å². The van der Waals surface area contributed by atoms with Crippen molar-refractivity contribution in [3.8, 4) is 0 Å². The molecule has 0 aliphatic carbocycles. The minimum absolute atomic E-state index is 0.0701. The molecule has 2 amide bonds. The number of likely N-dealkylation sites (tertiary alicyclic amines) is 2. The highest BCUT2D eigenvalue weighted by molar-refractivity contribution is 5.94. The van der Waals surface area contributed by atoms with E-state index in [0.717, 1.165) is 45.2 Å². The SMILES string of the molecule is CCCCCC(=O)N1CCC2(CC1)CC(O)CN(C(=O)c1cccnc1)C2. The van der Waals surface area contributed by atoms with Gasteiger partial charge >= 0.3 is 0 Å². The van der Waals surface area contributed by atoms with E-state index >= 15 is 0 Å². The molecular weight excluding hydrogens is 342 g/mol. The predicted molar refractivity (Wildman–Crippen MR) is 103 cm³/mol. The van der Waals surface area contributed by atoms with Crippen LogP contribution in [0.3, 0.4) is 0 Å². The Labute approximate surface area is 161 Å². The number of hydrogen-bond acceptors (Lipinski definition) is 4. The first kappa shape index (κ1) is 19.8. The molecule has 1 spiro atoms. The van der Waals surface area contributed by atoms with Crippen molar-refractivity contribution >= 4 is 11.8 Å².